The average Bonchev–Trinajstić information content (AvgIpc) is 3.08. The Morgan fingerprint density at radius 1 is 1.10 bits per heavy atom. The van der Waals surface area contributed by atoms with Crippen LogP contribution in [0.4, 0.5) is 4.39 Å². The zero-order valence-corrected chi connectivity index (χ0v) is 15.8. The third kappa shape index (κ3) is 2.07. The summed E-state index contributed by atoms with van der Waals surface area (Å²) in [5, 5.41) is 12.2. The Morgan fingerprint density at radius 3 is 2.72 bits per heavy atom. The van der Waals surface area contributed by atoms with Gasteiger partial charge in [0.05, 0.1) is 17.8 Å². The van der Waals surface area contributed by atoms with Gasteiger partial charge < -0.3 is 14.4 Å². The zero-order chi connectivity index (χ0) is 20.0. The summed E-state index contributed by atoms with van der Waals surface area (Å²) in [6.45, 7) is 2.16. The van der Waals surface area contributed by atoms with Gasteiger partial charge in [0.2, 0.25) is 0 Å². The summed E-state index contributed by atoms with van der Waals surface area (Å²) in [5.74, 6) is -0.949. The Balaban J connectivity index is 1.68. The molecule has 2 aliphatic heterocycles. The van der Waals surface area contributed by atoms with Gasteiger partial charge in [-0.15, -0.1) is 0 Å². The largest absolute Gasteiger partial charge is 0.458 e. The van der Waals surface area contributed by atoms with Gasteiger partial charge in [-0.3, -0.25) is 4.79 Å². The summed E-state index contributed by atoms with van der Waals surface area (Å²) >= 11 is 0. The molecule has 6 rings (SSSR count). The number of benzene rings is 2. The van der Waals surface area contributed by atoms with E-state index in [4.69, 9.17) is 4.74 Å². The number of esters is 1. The molecule has 0 saturated heterocycles. The first-order valence-corrected chi connectivity index (χ1v) is 9.84. The maximum absolute atomic E-state index is 14.5. The van der Waals surface area contributed by atoms with Gasteiger partial charge in [-0.1, -0.05) is 0 Å². The highest BCUT2D eigenvalue weighted by molar-refractivity contribution is 5.96. The minimum absolute atomic E-state index is 0.121. The van der Waals surface area contributed by atoms with Gasteiger partial charge in [-0.25, -0.2) is 9.18 Å². The van der Waals surface area contributed by atoms with Crippen LogP contribution in [0.25, 0.3) is 22.0 Å². The lowest BCUT2D eigenvalue weighted by molar-refractivity contribution is -0.157. The molecule has 3 heterocycles. The van der Waals surface area contributed by atoms with Crippen molar-refractivity contribution in [2.24, 2.45) is 0 Å². The standard InChI is InChI=1S/C23H18FNO4/c1-10-12-3-2-4-13-16-8-25-19(14(16)5-11(20(12)13)6-18(10)24)7-15-17(22(25)27)9-29-23(28)21(15)26/h5-7,21,26H,2-4,8-9H2,1H3. The quantitative estimate of drug-likeness (QED) is 0.468. The van der Waals surface area contributed by atoms with Crippen LogP contribution in [0, 0.1) is 12.7 Å². The highest BCUT2D eigenvalue weighted by atomic mass is 19.1. The maximum Gasteiger partial charge on any atom is 0.340 e. The Kier molecular flexibility index (Phi) is 3.23. The number of halogens is 1. The molecule has 3 aromatic rings. The Bertz CT molecular complexity index is 1340. The lowest BCUT2D eigenvalue weighted by Crippen LogP contribution is -2.32. The number of rotatable bonds is 0. The van der Waals surface area contributed by atoms with Gasteiger partial charge in [0.1, 0.15) is 12.4 Å². The van der Waals surface area contributed by atoms with Crippen LogP contribution in [0.2, 0.25) is 0 Å². The van der Waals surface area contributed by atoms with Crippen molar-refractivity contribution in [3.05, 3.63) is 67.8 Å². The smallest absolute Gasteiger partial charge is 0.340 e. The molecule has 1 atom stereocenters. The molecule has 3 aliphatic rings. The molecular weight excluding hydrogens is 373 g/mol. The molecule has 5 nitrogen and oxygen atoms in total. The van der Waals surface area contributed by atoms with Crippen molar-refractivity contribution in [3.63, 3.8) is 0 Å². The second-order valence-electron chi connectivity index (χ2n) is 8.16. The van der Waals surface area contributed by atoms with Gasteiger partial charge in [-0.2, -0.15) is 0 Å². The minimum atomic E-state index is -1.45. The van der Waals surface area contributed by atoms with E-state index < -0.39 is 12.1 Å². The van der Waals surface area contributed by atoms with Crippen LogP contribution in [0.3, 0.4) is 0 Å². The fourth-order valence-corrected chi connectivity index (χ4v) is 5.27. The van der Waals surface area contributed by atoms with Crippen LogP contribution in [0.1, 0.15) is 45.9 Å². The lowest BCUT2D eigenvalue weighted by Gasteiger charge is -2.22. The number of aliphatic hydroxyl groups excluding tert-OH is 1. The molecule has 1 N–H and O–H groups in total. The first-order chi connectivity index (χ1) is 14.0. The van der Waals surface area contributed by atoms with E-state index in [1.54, 1.807) is 16.7 Å². The summed E-state index contributed by atoms with van der Waals surface area (Å²) < 4.78 is 21.2. The molecule has 0 spiro atoms. The molecule has 1 aliphatic carbocycles. The van der Waals surface area contributed by atoms with Gasteiger partial charge in [0.25, 0.3) is 5.56 Å². The van der Waals surface area contributed by atoms with Crippen LogP contribution >= 0.6 is 0 Å². The molecule has 1 aromatic heterocycles. The number of carbonyl (C=O) groups excluding carboxylic acids is 1. The summed E-state index contributed by atoms with van der Waals surface area (Å²) in [6, 6.07) is 5.25. The molecule has 0 fully saturated rings. The highest BCUT2D eigenvalue weighted by Crippen LogP contribution is 2.43. The number of aliphatic hydroxyl groups is 1. The fraction of sp³-hybridized carbons (Fsp3) is 0.304. The van der Waals surface area contributed by atoms with Crippen molar-refractivity contribution in [2.45, 2.75) is 45.4 Å². The summed E-state index contributed by atoms with van der Waals surface area (Å²) in [6.07, 6.45) is 1.25. The van der Waals surface area contributed by atoms with Crippen LogP contribution in [0.15, 0.2) is 23.0 Å². The van der Waals surface area contributed by atoms with Crippen molar-refractivity contribution >= 4 is 16.7 Å². The van der Waals surface area contributed by atoms with Crippen LogP contribution in [-0.2, 0) is 35.5 Å². The third-order valence-electron chi connectivity index (χ3n) is 6.73. The normalized spacial score (nSPS) is 19.0. The molecule has 0 radical (unpaired) electrons. The zero-order valence-electron chi connectivity index (χ0n) is 15.8. The maximum atomic E-state index is 14.5. The van der Waals surface area contributed by atoms with E-state index in [-0.39, 0.29) is 18.0 Å². The topological polar surface area (TPSA) is 68.5 Å². The number of nitrogens with zero attached hydrogens (tertiary/aromatic N) is 1. The number of fused-ring (bicyclic) bond motifs is 5. The van der Waals surface area contributed by atoms with Crippen LogP contribution < -0.4 is 5.56 Å². The van der Waals surface area contributed by atoms with Gasteiger partial charge >= 0.3 is 5.97 Å². The highest BCUT2D eigenvalue weighted by Gasteiger charge is 2.34. The monoisotopic (exact) mass is 391 g/mol. The second-order valence-corrected chi connectivity index (χ2v) is 8.16. The predicted octanol–water partition coefficient (Wildman–Crippen LogP) is 3.06. The molecule has 0 amide bonds. The molecule has 29 heavy (non-hydrogen) atoms. The first kappa shape index (κ1) is 16.9. The van der Waals surface area contributed by atoms with Crippen molar-refractivity contribution in [2.75, 3.05) is 0 Å². The van der Waals surface area contributed by atoms with Gasteiger partial charge in [-0.05, 0) is 77.4 Å². The summed E-state index contributed by atoms with van der Waals surface area (Å²) in [4.78, 5) is 24.9. The number of hydrogen-bond donors (Lipinski definition) is 1. The number of aryl methyl sites for hydroxylation is 2. The van der Waals surface area contributed by atoms with E-state index in [1.165, 1.54) is 5.56 Å². The minimum Gasteiger partial charge on any atom is -0.458 e. The molecule has 146 valence electrons. The first-order valence-electron chi connectivity index (χ1n) is 9.84. The molecule has 6 heteroatoms. The van der Waals surface area contributed by atoms with Crippen molar-refractivity contribution < 1.29 is 19.0 Å². The molecule has 0 bridgehead atoms. The number of pyridine rings is 1. The Morgan fingerprint density at radius 2 is 1.90 bits per heavy atom. The number of ether oxygens (including phenoxy) is 1. The molecular formula is C23H18FNO4. The van der Waals surface area contributed by atoms with E-state index in [1.807, 2.05) is 13.0 Å². The molecule has 1 unspecified atom stereocenters. The van der Waals surface area contributed by atoms with Gasteiger partial charge in [0, 0.05) is 11.1 Å². The van der Waals surface area contributed by atoms with E-state index in [0.717, 1.165) is 46.7 Å². The summed E-state index contributed by atoms with van der Waals surface area (Å²) in [5.41, 5.74) is 6.01. The van der Waals surface area contributed by atoms with Gasteiger partial charge in [0.15, 0.2) is 6.10 Å². The van der Waals surface area contributed by atoms with E-state index in [2.05, 4.69) is 0 Å². The molecule has 0 saturated carbocycles. The number of hydrogen-bond acceptors (Lipinski definition) is 4. The number of aromatic nitrogens is 1. The van der Waals surface area contributed by atoms with Crippen molar-refractivity contribution in [1.29, 1.82) is 0 Å². The van der Waals surface area contributed by atoms with E-state index in [0.29, 0.717) is 28.9 Å². The second kappa shape index (κ2) is 5.54. The third-order valence-corrected chi connectivity index (χ3v) is 6.73. The predicted molar refractivity (Wildman–Crippen MR) is 104 cm³/mol. The Labute approximate surface area is 165 Å². The van der Waals surface area contributed by atoms with Crippen LogP contribution in [-0.4, -0.2) is 15.6 Å². The van der Waals surface area contributed by atoms with Crippen LogP contribution in [0.5, 0.6) is 0 Å². The SMILES string of the molecule is Cc1c(F)cc2cc3c(c4c2c1CCC4)Cn1c-3cc2c(c1=O)COC(=O)C2O. The summed E-state index contributed by atoms with van der Waals surface area (Å²) in [7, 11) is 0. The van der Waals surface area contributed by atoms with Crippen molar-refractivity contribution in [3.8, 4) is 11.3 Å². The molecule has 2 aromatic carbocycles. The average molecular weight is 391 g/mol. The Hall–Kier alpha value is -2.99. The lowest BCUT2D eigenvalue weighted by atomic mass is 9.82. The van der Waals surface area contributed by atoms with E-state index in [9.17, 15) is 19.1 Å². The fourth-order valence-electron chi connectivity index (χ4n) is 5.27. The van der Waals surface area contributed by atoms with E-state index >= 15 is 0 Å². The van der Waals surface area contributed by atoms with Crippen molar-refractivity contribution in [1.82, 2.24) is 4.57 Å². The number of carbonyl (C=O) groups is 1. The number of cyclic esters (lactones) is 1.